The molecule has 11 heteroatoms. The number of rotatable bonds is 10. The fourth-order valence-corrected chi connectivity index (χ4v) is 4.82. The van der Waals surface area contributed by atoms with Crippen LogP contribution in [0.4, 0.5) is 5.69 Å². The number of carboxylic acids is 1. The average molecular weight is 556 g/mol. The zero-order valence-corrected chi connectivity index (χ0v) is 21.3. The number of phenolic OH excluding ortho intramolecular Hbond substituents is 1. The summed E-state index contributed by atoms with van der Waals surface area (Å²) in [5, 5.41) is 27.5. The Bertz CT molecular complexity index is 1400. The van der Waals surface area contributed by atoms with Crippen LogP contribution >= 0.6 is 23.2 Å². The van der Waals surface area contributed by atoms with Crippen LogP contribution in [0, 0.1) is 0 Å². The number of anilines is 1. The van der Waals surface area contributed by atoms with Gasteiger partial charge in [-0.15, -0.1) is 0 Å². The quantitative estimate of drug-likeness (QED) is 0.237. The molecule has 1 heterocycles. The third kappa shape index (κ3) is 6.13. The number of phenols is 1. The van der Waals surface area contributed by atoms with Gasteiger partial charge in [0.15, 0.2) is 11.6 Å². The van der Waals surface area contributed by atoms with Gasteiger partial charge in [-0.1, -0.05) is 47.5 Å². The Morgan fingerprint density at radius 1 is 1.00 bits per heavy atom. The molecule has 1 unspecified atom stereocenters. The number of carbonyl (C=O) groups excluding carboxylic acids is 3. The van der Waals surface area contributed by atoms with E-state index in [-0.39, 0.29) is 45.8 Å². The summed E-state index contributed by atoms with van der Waals surface area (Å²) in [4.78, 5) is 49.9. The minimum Gasteiger partial charge on any atom is -0.508 e. The summed E-state index contributed by atoms with van der Waals surface area (Å²) in [6.45, 7) is 0.121. The maximum atomic E-state index is 13.0. The van der Waals surface area contributed by atoms with E-state index in [0.29, 0.717) is 16.8 Å². The van der Waals surface area contributed by atoms with Gasteiger partial charge in [0.1, 0.15) is 17.8 Å². The Morgan fingerprint density at radius 2 is 1.71 bits per heavy atom. The van der Waals surface area contributed by atoms with Crippen LogP contribution in [0.25, 0.3) is 0 Å². The Balaban J connectivity index is 1.39. The second kappa shape index (κ2) is 11.6. The van der Waals surface area contributed by atoms with E-state index in [4.69, 9.17) is 23.2 Å². The number of halogens is 2. The molecule has 9 nitrogen and oxygen atoms in total. The maximum Gasteiger partial charge on any atom is 0.321 e. The van der Waals surface area contributed by atoms with Crippen molar-refractivity contribution in [3.63, 3.8) is 0 Å². The topological polar surface area (TPSA) is 145 Å². The van der Waals surface area contributed by atoms with Crippen LogP contribution in [0.5, 0.6) is 5.75 Å². The number of aromatic hydroxyl groups is 1. The largest absolute Gasteiger partial charge is 0.508 e. The number of carboxylic acid groups (broad SMARTS) is 1. The molecule has 196 valence electrons. The van der Waals surface area contributed by atoms with Crippen molar-refractivity contribution < 1.29 is 29.4 Å². The summed E-state index contributed by atoms with van der Waals surface area (Å²) in [7, 11) is 0. The van der Waals surface area contributed by atoms with Gasteiger partial charge in [0, 0.05) is 36.3 Å². The van der Waals surface area contributed by atoms with Gasteiger partial charge in [-0.2, -0.15) is 0 Å². The lowest BCUT2D eigenvalue weighted by Crippen LogP contribution is -2.45. The molecule has 0 saturated carbocycles. The molecular weight excluding hydrogens is 533 g/mol. The molecule has 1 aliphatic heterocycles. The molecule has 1 amide bonds. The highest BCUT2D eigenvalue weighted by atomic mass is 35.5. The molecule has 0 aromatic heterocycles. The number of Topliss-reactive ketones (excluding diaryl/α,β-unsaturated/α-hetero) is 2. The molecule has 3 aromatic carbocycles. The lowest BCUT2D eigenvalue weighted by molar-refractivity contribution is -0.139. The van der Waals surface area contributed by atoms with Crippen LogP contribution in [-0.2, 0) is 11.3 Å². The average Bonchev–Trinajstić information content (AvgIpc) is 3.20. The molecule has 0 aliphatic carbocycles. The minimum atomic E-state index is -1.31. The number of nitrogens with one attached hydrogen (secondary N) is 3. The molecule has 5 N–H and O–H groups in total. The van der Waals surface area contributed by atoms with Gasteiger partial charge in [-0.05, 0) is 42.0 Å². The first-order valence-electron chi connectivity index (χ1n) is 11.6. The van der Waals surface area contributed by atoms with E-state index in [2.05, 4.69) is 16.0 Å². The Morgan fingerprint density at radius 3 is 2.37 bits per heavy atom. The van der Waals surface area contributed by atoms with E-state index in [9.17, 15) is 29.4 Å². The van der Waals surface area contributed by atoms with Crippen LogP contribution < -0.4 is 16.0 Å². The molecule has 3 aromatic rings. The van der Waals surface area contributed by atoms with Crippen molar-refractivity contribution in [3.05, 3.63) is 93.0 Å². The number of para-hydroxylation sites is 1. The number of hydrogen-bond donors (Lipinski definition) is 5. The van der Waals surface area contributed by atoms with Gasteiger partial charge >= 0.3 is 5.97 Å². The van der Waals surface area contributed by atoms with E-state index in [1.807, 2.05) is 0 Å². The molecule has 2 atom stereocenters. The molecule has 38 heavy (non-hydrogen) atoms. The van der Waals surface area contributed by atoms with Crippen molar-refractivity contribution in [2.45, 2.75) is 25.0 Å². The molecule has 0 fully saturated rings. The smallest absolute Gasteiger partial charge is 0.321 e. The summed E-state index contributed by atoms with van der Waals surface area (Å²) < 4.78 is 0. The van der Waals surface area contributed by atoms with E-state index in [1.165, 1.54) is 24.3 Å². The van der Waals surface area contributed by atoms with Gasteiger partial charge < -0.3 is 26.2 Å². The van der Waals surface area contributed by atoms with E-state index < -0.39 is 36.2 Å². The van der Waals surface area contributed by atoms with Crippen LogP contribution in [0.3, 0.4) is 0 Å². The van der Waals surface area contributed by atoms with Crippen molar-refractivity contribution in [2.75, 3.05) is 11.9 Å². The lowest BCUT2D eigenvalue weighted by Gasteiger charge is -2.18. The highest BCUT2D eigenvalue weighted by molar-refractivity contribution is 6.40. The van der Waals surface area contributed by atoms with Gasteiger partial charge in [0.2, 0.25) is 0 Å². The zero-order chi connectivity index (χ0) is 27.4. The van der Waals surface area contributed by atoms with Crippen LogP contribution in [-0.4, -0.2) is 52.3 Å². The Kier molecular flexibility index (Phi) is 8.31. The maximum absolute atomic E-state index is 13.0. The first-order chi connectivity index (χ1) is 18.1. The highest BCUT2D eigenvalue weighted by Crippen LogP contribution is 2.29. The SMILES string of the molecule is O=C(NCc1cccc(O)c1)c1cc(Cl)c(C(=O)C[C@H](NCC2Nc3ccccc3C2=O)C(=O)O)c(Cl)c1. The molecule has 1 aliphatic rings. The number of benzene rings is 3. The van der Waals surface area contributed by atoms with Crippen molar-refractivity contribution >= 4 is 52.3 Å². The summed E-state index contributed by atoms with van der Waals surface area (Å²) >= 11 is 12.6. The van der Waals surface area contributed by atoms with Gasteiger partial charge in [-0.25, -0.2) is 0 Å². The van der Waals surface area contributed by atoms with Crippen LogP contribution in [0.1, 0.15) is 43.1 Å². The minimum absolute atomic E-state index is 0.0163. The van der Waals surface area contributed by atoms with Crippen LogP contribution in [0.15, 0.2) is 60.7 Å². The normalized spacial score (nSPS) is 14.9. The number of carbonyl (C=O) groups is 4. The summed E-state index contributed by atoms with van der Waals surface area (Å²) in [6, 6.07) is 13.9. The van der Waals surface area contributed by atoms with E-state index in [0.717, 1.165) is 0 Å². The predicted molar refractivity (Wildman–Crippen MR) is 142 cm³/mol. The molecule has 0 radical (unpaired) electrons. The summed E-state index contributed by atoms with van der Waals surface area (Å²) in [6.07, 6.45) is -0.480. The number of ketones is 2. The molecule has 0 saturated heterocycles. The third-order valence-electron chi connectivity index (χ3n) is 6.04. The van der Waals surface area contributed by atoms with Gasteiger partial charge in [-0.3, -0.25) is 19.2 Å². The zero-order valence-electron chi connectivity index (χ0n) is 19.8. The lowest BCUT2D eigenvalue weighted by atomic mass is 10.0. The van der Waals surface area contributed by atoms with Crippen molar-refractivity contribution in [3.8, 4) is 5.75 Å². The molecule has 4 rings (SSSR count). The van der Waals surface area contributed by atoms with Crippen LogP contribution in [0.2, 0.25) is 10.0 Å². The van der Waals surface area contributed by atoms with Crippen molar-refractivity contribution in [1.82, 2.24) is 10.6 Å². The number of fused-ring (bicyclic) bond motifs is 1. The van der Waals surface area contributed by atoms with Gasteiger partial charge in [0.05, 0.1) is 15.6 Å². The summed E-state index contributed by atoms with van der Waals surface area (Å²) in [5.74, 6) is -2.53. The first-order valence-corrected chi connectivity index (χ1v) is 12.3. The Hall–Kier alpha value is -3.92. The van der Waals surface area contributed by atoms with E-state index in [1.54, 1.807) is 36.4 Å². The third-order valence-corrected chi connectivity index (χ3v) is 6.64. The second-order valence-corrected chi connectivity index (χ2v) is 9.52. The Labute approximate surface area is 227 Å². The highest BCUT2D eigenvalue weighted by Gasteiger charge is 2.32. The first kappa shape index (κ1) is 27.1. The standard InChI is InChI=1S/C27H23Cl2N3O6/c28-18-9-15(26(36)31-12-14-4-3-5-16(33)8-14)10-19(29)24(18)23(34)11-21(27(37)38)30-13-22-25(35)17-6-1-2-7-20(17)32-22/h1-10,21-22,30,32-33H,11-13H2,(H,31,36)(H,37,38)/t21-,22?/m0/s1. The van der Waals surface area contributed by atoms with E-state index >= 15 is 0 Å². The van der Waals surface area contributed by atoms with Crippen molar-refractivity contribution in [1.29, 1.82) is 0 Å². The number of aliphatic carboxylic acids is 1. The summed E-state index contributed by atoms with van der Waals surface area (Å²) in [5.41, 5.74) is 1.86. The fourth-order valence-electron chi connectivity index (χ4n) is 4.12. The second-order valence-electron chi connectivity index (χ2n) is 8.70. The molecule has 0 bridgehead atoms. The number of amides is 1. The predicted octanol–water partition coefficient (Wildman–Crippen LogP) is 3.92. The number of hydrogen-bond acceptors (Lipinski definition) is 7. The monoisotopic (exact) mass is 555 g/mol. The van der Waals surface area contributed by atoms with Crippen molar-refractivity contribution in [2.24, 2.45) is 0 Å². The molecular formula is C27H23Cl2N3O6. The molecule has 0 spiro atoms. The van der Waals surface area contributed by atoms with Gasteiger partial charge in [0.25, 0.3) is 5.91 Å². The fraction of sp³-hybridized carbons (Fsp3) is 0.185.